The van der Waals surface area contributed by atoms with Gasteiger partial charge in [0.2, 0.25) is 5.91 Å². The fourth-order valence-electron chi connectivity index (χ4n) is 6.54. The van der Waals surface area contributed by atoms with Gasteiger partial charge in [0, 0.05) is 19.5 Å². The number of hydrogen-bond donors (Lipinski definition) is 1. The summed E-state index contributed by atoms with van der Waals surface area (Å²) in [5, 5.41) is 3.12. The summed E-state index contributed by atoms with van der Waals surface area (Å²) in [5.74, 6) is 1.32. The lowest BCUT2D eigenvalue weighted by Gasteiger charge is -2.10. The Kier molecular flexibility index (Phi) is 16.5. The number of nitrogens with one attached hydrogen (secondary N) is 1. The first-order valence-electron chi connectivity index (χ1n) is 18.6. The van der Waals surface area contributed by atoms with Crippen molar-refractivity contribution < 1.29 is 4.79 Å². The van der Waals surface area contributed by atoms with E-state index < -0.39 is 0 Å². The molecule has 0 saturated carbocycles. The van der Waals surface area contributed by atoms with Gasteiger partial charge in [0.05, 0.1) is 17.5 Å². The second-order valence-corrected chi connectivity index (χ2v) is 13.2. The van der Waals surface area contributed by atoms with Crippen LogP contribution in [0.2, 0.25) is 0 Å². The number of fused-ring (bicyclic) bond motifs is 1. The number of unbranched alkanes of at least 4 members (excludes halogenated alkanes) is 15. The lowest BCUT2D eigenvalue weighted by atomic mass is 10.0. The van der Waals surface area contributed by atoms with Crippen molar-refractivity contribution in [1.82, 2.24) is 14.9 Å². The minimum absolute atomic E-state index is 0.0995. The van der Waals surface area contributed by atoms with Crippen molar-refractivity contribution in [2.45, 2.75) is 135 Å². The highest BCUT2D eigenvalue weighted by Crippen LogP contribution is 2.21. The number of benzene rings is 3. The van der Waals surface area contributed by atoms with Gasteiger partial charge in [-0.2, -0.15) is 0 Å². The molecule has 0 aliphatic rings. The summed E-state index contributed by atoms with van der Waals surface area (Å²) in [5.41, 5.74) is 5.82. The molecule has 0 spiro atoms. The summed E-state index contributed by atoms with van der Waals surface area (Å²) in [6, 6.07) is 27.3. The van der Waals surface area contributed by atoms with E-state index >= 15 is 0 Å². The Morgan fingerprint density at radius 3 is 1.85 bits per heavy atom. The van der Waals surface area contributed by atoms with Gasteiger partial charge in [0.15, 0.2) is 0 Å². The highest BCUT2D eigenvalue weighted by atomic mass is 16.1. The predicted molar refractivity (Wildman–Crippen MR) is 196 cm³/mol. The molecule has 1 aromatic heterocycles. The first-order valence-corrected chi connectivity index (χ1v) is 18.6. The Morgan fingerprint density at radius 2 is 1.17 bits per heavy atom. The molecule has 4 aromatic rings. The molecule has 46 heavy (non-hydrogen) atoms. The van der Waals surface area contributed by atoms with Crippen LogP contribution in [0.5, 0.6) is 0 Å². The van der Waals surface area contributed by atoms with E-state index in [0.29, 0.717) is 6.42 Å². The lowest BCUT2D eigenvalue weighted by molar-refractivity contribution is -0.120. The van der Waals surface area contributed by atoms with Crippen molar-refractivity contribution in [1.29, 1.82) is 0 Å². The molecule has 0 radical (unpaired) electrons. The molecule has 248 valence electrons. The highest BCUT2D eigenvalue weighted by molar-refractivity contribution is 5.79. The third kappa shape index (κ3) is 12.8. The molecule has 4 heteroatoms. The smallest absolute Gasteiger partial charge is 0.224 e. The zero-order valence-electron chi connectivity index (χ0n) is 28.7. The first-order chi connectivity index (χ1) is 22.7. The summed E-state index contributed by atoms with van der Waals surface area (Å²) in [6.45, 7) is 4.09. The Hall–Kier alpha value is -3.40. The average Bonchev–Trinajstić information content (AvgIpc) is 3.44. The van der Waals surface area contributed by atoms with E-state index in [1.165, 1.54) is 112 Å². The van der Waals surface area contributed by atoms with Crippen molar-refractivity contribution in [3.05, 3.63) is 90.3 Å². The zero-order valence-corrected chi connectivity index (χ0v) is 28.7. The molecule has 0 atom stereocenters. The van der Waals surface area contributed by atoms with Gasteiger partial charge in [0.25, 0.3) is 0 Å². The number of nitrogens with zero attached hydrogens (tertiary/aromatic N) is 2. The maximum atomic E-state index is 12.5. The van der Waals surface area contributed by atoms with Gasteiger partial charge in [-0.1, -0.05) is 164 Å². The summed E-state index contributed by atoms with van der Waals surface area (Å²) in [4.78, 5) is 17.5. The standard InChI is InChI=1S/C42H59N3O/c1-2-3-4-5-6-7-8-9-10-11-12-13-14-23-34-45-40-27-21-20-26-39(40)44-41(45)28-19-16-22-33-43-42(46)35-36-29-31-38(32-30-36)37-24-17-15-18-25-37/h15,17-18,20-21,24-27,29-32H,2-14,16,19,22-23,28,33-35H2,1H3,(H,43,46). The number of aromatic nitrogens is 2. The van der Waals surface area contributed by atoms with E-state index in [-0.39, 0.29) is 5.91 Å². The van der Waals surface area contributed by atoms with Gasteiger partial charge in [-0.3, -0.25) is 4.79 Å². The number of carbonyl (C=O) groups is 1. The number of hydrogen-bond acceptors (Lipinski definition) is 2. The van der Waals surface area contributed by atoms with Crippen molar-refractivity contribution >= 4 is 16.9 Å². The average molecular weight is 622 g/mol. The number of aryl methyl sites for hydroxylation is 2. The van der Waals surface area contributed by atoms with Crippen LogP contribution in [0.25, 0.3) is 22.2 Å². The Morgan fingerprint density at radius 1 is 0.609 bits per heavy atom. The van der Waals surface area contributed by atoms with Gasteiger partial charge < -0.3 is 9.88 Å². The lowest BCUT2D eigenvalue weighted by Crippen LogP contribution is -2.26. The minimum Gasteiger partial charge on any atom is -0.356 e. The molecule has 3 aromatic carbocycles. The maximum Gasteiger partial charge on any atom is 0.224 e. The molecule has 1 amide bonds. The van der Waals surface area contributed by atoms with Gasteiger partial charge in [-0.05, 0) is 48.1 Å². The quantitative estimate of drug-likeness (QED) is 0.0791. The number of carbonyl (C=O) groups excluding carboxylic acids is 1. The van der Waals surface area contributed by atoms with Crippen LogP contribution in [-0.2, 0) is 24.2 Å². The molecular formula is C42H59N3O. The SMILES string of the molecule is CCCCCCCCCCCCCCCCn1c(CCCCCNC(=O)Cc2ccc(-c3ccccc3)cc2)nc2ccccc21. The molecule has 0 fully saturated rings. The van der Waals surface area contributed by atoms with Gasteiger partial charge in [-0.25, -0.2) is 4.98 Å². The molecule has 1 N–H and O–H groups in total. The molecule has 0 bridgehead atoms. The summed E-state index contributed by atoms with van der Waals surface area (Å²) < 4.78 is 2.47. The summed E-state index contributed by atoms with van der Waals surface area (Å²) >= 11 is 0. The largest absolute Gasteiger partial charge is 0.356 e. The van der Waals surface area contributed by atoms with Crippen molar-refractivity contribution in [3.63, 3.8) is 0 Å². The molecular weight excluding hydrogens is 562 g/mol. The second-order valence-electron chi connectivity index (χ2n) is 13.2. The number of amides is 1. The number of para-hydroxylation sites is 2. The van der Waals surface area contributed by atoms with Crippen molar-refractivity contribution in [2.75, 3.05) is 6.54 Å². The normalized spacial score (nSPS) is 11.3. The summed E-state index contributed by atoms with van der Waals surface area (Å²) in [7, 11) is 0. The Balaban J connectivity index is 1.07. The third-order valence-electron chi connectivity index (χ3n) is 9.29. The maximum absolute atomic E-state index is 12.5. The predicted octanol–water partition coefficient (Wildman–Crippen LogP) is 11.3. The second kappa shape index (κ2) is 21.4. The number of imidazole rings is 1. The van der Waals surface area contributed by atoms with Crippen LogP contribution in [0.1, 0.15) is 127 Å². The van der Waals surface area contributed by atoms with Crippen LogP contribution in [0.15, 0.2) is 78.9 Å². The van der Waals surface area contributed by atoms with Crippen LogP contribution >= 0.6 is 0 Å². The molecule has 1 heterocycles. The van der Waals surface area contributed by atoms with E-state index in [0.717, 1.165) is 49.9 Å². The van der Waals surface area contributed by atoms with Gasteiger partial charge in [0.1, 0.15) is 5.82 Å². The highest BCUT2D eigenvalue weighted by Gasteiger charge is 2.10. The van der Waals surface area contributed by atoms with Crippen LogP contribution < -0.4 is 5.32 Å². The van der Waals surface area contributed by atoms with E-state index in [1.807, 2.05) is 6.07 Å². The summed E-state index contributed by atoms with van der Waals surface area (Å²) in [6.07, 6.45) is 24.0. The van der Waals surface area contributed by atoms with Crippen LogP contribution in [0, 0.1) is 0 Å². The first kappa shape index (κ1) is 35.5. The van der Waals surface area contributed by atoms with E-state index in [1.54, 1.807) is 0 Å². The molecule has 0 saturated heterocycles. The minimum atomic E-state index is 0.0995. The van der Waals surface area contributed by atoms with Crippen molar-refractivity contribution in [3.8, 4) is 11.1 Å². The Bertz CT molecular complexity index is 1380. The zero-order chi connectivity index (χ0) is 32.1. The van der Waals surface area contributed by atoms with Crippen molar-refractivity contribution in [2.24, 2.45) is 0 Å². The fraction of sp³-hybridized carbons (Fsp3) is 0.524. The van der Waals surface area contributed by atoms with Crippen LogP contribution in [0.4, 0.5) is 0 Å². The molecule has 4 nitrogen and oxygen atoms in total. The molecule has 0 aliphatic heterocycles. The number of rotatable bonds is 24. The van der Waals surface area contributed by atoms with Crippen LogP contribution in [-0.4, -0.2) is 22.0 Å². The fourth-order valence-corrected chi connectivity index (χ4v) is 6.54. The third-order valence-corrected chi connectivity index (χ3v) is 9.29. The van der Waals surface area contributed by atoms with Gasteiger partial charge in [-0.15, -0.1) is 0 Å². The monoisotopic (exact) mass is 621 g/mol. The van der Waals surface area contributed by atoms with E-state index in [4.69, 9.17) is 4.98 Å². The Labute approximate surface area is 279 Å². The molecule has 0 aliphatic carbocycles. The molecule has 4 rings (SSSR count). The van der Waals surface area contributed by atoms with E-state index in [9.17, 15) is 4.79 Å². The van der Waals surface area contributed by atoms with Gasteiger partial charge >= 0.3 is 0 Å². The topological polar surface area (TPSA) is 46.9 Å². The van der Waals surface area contributed by atoms with E-state index in [2.05, 4.69) is 89.6 Å². The molecule has 0 unspecified atom stereocenters. The van der Waals surface area contributed by atoms with Crippen LogP contribution in [0.3, 0.4) is 0 Å².